The summed E-state index contributed by atoms with van der Waals surface area (Å²) in [6.45, 7) is 0. The van der Waals surface area contributed by atoms with Crippen molar-refractivity contribution < 1.29 is 8.83 Å². The molecule has 75 heavy (non-hydrogen) atoms. The summed E-state index contributed by atoms with van der Waals surface area (Å²) in [5.74, 6) is 1.68. The lowest BCUT2D eigenvalue weighted by Crippen LogP contribution is -2.25. The van der Waals surface area contributed by atoms with Crippen LogP contribution in [-0.2, 0) is 5.41 Å². The van der Waals surface area contributed by atoms with Crippen LogP contribution < -0.4 is 0 Å². The smallest absolute Gasteiger partial charge is 0.164 e. The molecular formula is C70H41N3O2. The van der Waals surface area contributed by atoms with Gasteiger partial charge in [0.25, 0.3) is 0 Å². The molecule has 5 heteroatoms. The van der Waals surface area contributed by atoms with Crippen molar-refractivity contribution >= 4 is 43.9 Å². The van der Waals surface area contributed by atoms with Gasteiger partial charge in [0.15, 0.2) is 17.5 Å². The zero-order valence-electron chi connectivity index (χ0n) is 40.3. The van der Waals surface area contributed by atoms with E-state index < -0.39 is 5.41 Å². The third kappa shape index (κ3) is 6.10. The van der Waals surface area contributed by atoms with Gasteiger partial charge in [0.1, 0.15) is 22.3 Å². The highest BCUT2D eigenvalue weighted by molar-refractivity contribution is 6.14. The summed E-state index contributed by atoms with van der Waals surface area (Å²) in [4.78, 5) is 15.9. The van der Waals surface area contributed by atoms with Crippen molar-refractivity contribution in [3.8, 4) is 89.8 Å². The van der Waals surface area contributed by atoms with Crippen molar-refractivity contribution in [3.05, 3.63) is 271 Å². The quantitative estimate of drug-likeness (QED) is 0.166. The molecule has 0 fully saturated rings. The Morgan fingerprint density at radius 3 is 1.41 bits per heavy atom. The number of furan rings is 2. The molecule has 16 rings (SSSR count). The minimum Gasteiger partial charge on any atom is -0.456 e. The predicted molar refractivity (Wildman–Crippen MR) is 303 cm³/mol. The lowest BCUT2D eigenvalue weighted by molar-refractivity contribution is 0.668. The van der Waals surface area contributed by atoms with Crippen LogP contribution in [0.15, 0.2) is 258 Å². The highest BCUT2D eigenvalue weighted by Crippen LogP contribution is 2.64. The minimum absolute atomic E-state index is 0.392. The molecule has 0 saturated carbocycles. The number of hydrogen-bond donors (Lipinski definition) is 0. The van der Waals surface area contributed by atoms with E-state index in [1.54, 1.807) is 0 Å². The molecule has 0 atom stereocenters. The van der Waals surface area contributed by atoms with E-state index >= 15 is 0 Å². The lowest BCUT2D eigenvalue weighted by atomic mass is 9.70. The van der Waals surface area contributed by atoms with Crippen LogP contribution in [-0.4, -0.2) is 15.0 Å². The van der Waals surface area contributed by atoms with Crippen LogP contribution in [0.4, 0.5) is 0 Å². The van der Waals surface area contributed by atoms with Crippen molar-refractivity contribution in [1.82, 2.24) is 15.0 Å². The van der Waals surface area contributed by atoms with Gasteiger partial charge in [0.05, 0.1) is 5.41 Å². The molecule has 3 heterocycles. The van der Waals surface area contributed by atoms with E-state index in [4.69, 9.17) is 23.8 Å². The maximum Gasteiger partial charge on any atom is 0.164 e. The number of para-hydroxylation sites is 1. The second-order valence-corrected chi connectivity index (χ2v) is 19.7. The molecule has 0 aliphatic heterocycles. The number of benzene rings is 11. The Morgan fingerprint density at radius 1 is 0.253 bits per heavy atom. The van der Waals surface area contributed by atoms with Crippen LogP contribution in [0.5, 0.6) is 0 Å². The third-order valence-electron chi connectivity index (χ3n) is 15.8. The van der Waals surface area contributed by atoms with E-state index in [1.165, 1.54) is 55.6 Å². The van der Waals surface area contributed by atoms with Crippen molar-refractivity contribution in [2.24, 2.45) is 0 Å². The van der Waals surface area contributed by atoms with E-state index in [0.29, 0.717) is 17.5 Å². The second kappa shape index (κ2) is 16.0. The van der Waals surface area contributed by atoms with Crippen LogP contribution in [0.25, 0.3) is 134 Å². The van der Waals surface area contributed by atoms with Gasteiger partial charge >= 0.3 is 0 Å². The van der Waals surface area contributed by atoms with E-state index in [2.05, 4.69) is 200 Å². The Labute approximate surface area is 431 Å². The van der Waals surface area contributed by atoms with Gasteiger partial charge in [-0.2, -0.15) is 0 Å². The second-order valence-electron chi connectivity index (χ2n) is 19.7. The van der Waals surface area contributed by atoms with Gasteiger partial charge in [-0.25, -0.2) is 15.0 Å². The Bertz CT molecular complexity index is 4620. The molecule has 0 unspecified atom stereocenters. The summed E-state index contributed by atoms with van der Waals surface area (Å²) in [7, 11) is 0. The molecule has 348 valence electrons. The van der Waals surface area contributed by atoms with Gasteiger partial charge in [0.2, 0.25) is 0 Å². The lowest BCUT2D eigenvalue weighted by Gasteiger charge is -2.30. The van der Waals surface area contributed by atoms with Crippen LogP contribution >= 0.6 is 0 Å². The molecule has 2 aliphatic rings. The van der Waals surface area contributed by atoms with Gasteiger partial charge in [0, 0.05) is 38.2 Å². The molecule has 5 nitrogen and oxygen atoms in total. The van der Waals surface area contributed by atoms with Crippen LogP contribution in [0, 0.1) is 0 Å². The van der Waals surface area contributed by atoms with Gasteiger partial charge in [-0.3, -0.25) is 0 Å². The number of hydrogen-bond acceptors (Lipinski definition) is 5. The van der Waals surface area contributed by atoms with E-state index in [9.17, 15) is 0 Å². The largest absolute Gasteiger partial charge is 0.456 e. The molecule has 0 N–H and O–H groups in total. The SMILES string of the molecule is c1ccc(-c2cccc(-c3nc(-c4cccc5oc6ccccc6c45)nc(-c4cccc5oc6ccc(-c7ccc(-c8cccc9c8-c8ccccc8C98c9ccccc9-c9ccccc98)cc7)cc6c45)n3)c2)cc1. The Balaban J connectivity index is 0.830. The summed E-state index contributed by atoms with van der Waals surface area (Å²) in [6.07, 6.45) is 0. The number of fused-ring (bicyclic) bond motifs is 16. The monoisotopic (exact) mass is 955 g/mol. The van der Waals surface area contributed by atoms with Crippen molar-refractivity contribution in [1.29, 1.82) is 0 Å². The van der Waals surface area contributed by atoms with Crippen molar-refractivity contribution in [3.63, 3.8) is 0 Å². The summed E-state index contributed by atoms with van der Waals surface area (Å²) in [5.41, 5.74) is 22.7. The predicted octanol–water partition coefficient (Wildman–Crippen LogP) is 18.0. The number of aromatic nitrogens is 3. The highest BCUT2D eigenvalue weighted by Gasteiger charge is 2.52. The molecule has 1 spiro atoms. The maximum absolute atomic E-state index is 6.64. The normalized spacial score (nSPS) is 12.9. The topological polar surface area (TPSA) is 65.0 Å². The number of rotatable bonds is 6. The molecule has 2 aliphatic carbocycles. The van der Waals surface area contributed by atoms with Crippen molar-refractivity contribution in [2.75, 3.05) is 0 Å². The molecule has 0 saturated heterocycles. The fraction of sp³-hybridized carbons (Fsp3) is 0.0143. The fourth-order valence-corrected chi connectivity index (χ4v) is 12.6. The number of nitrogens with zero attached hydrogens (tertiary/aromatic N) is 3. The average Bonchev–Trinajstić information content (AvgIpc) is 4.23. The van der Waals surface area contributed by atoms with Gasteiger partial charge in [-0.15, -0.1) is 0 Å². The Morgan fingerprint density at radius 2 is 0.693 bits per heavy atom. The molecule has 0 bridgehead atoms. The first-order valence-electron chi connectivity index (χ1n) is 25.5. The van der Waals surface area contributed by atoms with E-state index in [0.717, 1.165) is 82.8 Å². The van der Waals surface area contributed by atoms with Crippen LogP contribution in [0.3, 0.4) is 0 Å². The summed E-state index contributed by atoms with van der Waals surface area (Å²) >= 11 is 0. The molecular weight excluding hydrogens is 915 g/mol. The van der Waals surface area contributed by atoms with Crippen LogP contribution in [0.2, 0.25) is 0 Å². The summed E-state index contributed by atoms with van der Waals surface area (Å²) in [6, 6.07) is 88.6. The maximum atomic E-state index is 6.64. The van der Waals surface area contributed by atoms with Crippen LogP contribution in [0.1, 0.15) is 22.3 Å². The van der Waals surface area contributed by atoms with Gasteiger partial charge in [-0.05, 0) is 114 Å². The Kier molecular flexibility index (Phi) is 8.89. The van der Waals surface area contributed by atoms with Gasteiger partial charge < -0.3 is 8.83 Å². The van der Waals surface area contributed by atoms with E-state index in [1.807, 2.05) is 48.5 Å². The first-order chi connectivity index (χ1) is 37.2. The standard InChI is InChI=1S/C70H41N3O2/c1-2-16-42(17-3-1)45-18-12-19-47(40-45)67-71-68(53-25-14-32-62-65(53)52-23-7-11-31-60(52)74-62)73-69(72-67)54-26-15-33-63-66(54)55-41-46(38-39-61(55)75-63)43-34-36-44(37-35-43)48-24-13-30-59-64(48)51-22-6-10-29-58(51)70(59)56-27-8-4-20-49(56)50-21-5-9-28-57(50)70/h1-41H. The highest BCUT2D eigenvalue weighted by atomic mass is 16.3. The molecule has 3 aromatic heterocycles. The molecule has 11 aromatic carbocycles. The third-order valence-corrected chi connectivity index (χ3v) is 15.8. The van der Waals surface area contributed by atoms with Crippen molar-refractivity contribution in [2.45, 2.75) is 5.41 Å². The summed E-state index contributed by atoms with van der Waals surface area (Å²) < 4.78 is 13.0. The molecule has 0 amide bonds. The first kappa shape index (κ1) is 41.6. The minimum atomic E-state index is -0.392. The average molecular weight is 956 g/mol. The fourth-order valence-electron chi connectivity index (χ4n) is 12.6. The van der Waals surface area contributed by atoms with E-state index in [-0.39, 0.29) is 0 Å². The summed E-state index contributed by atoms with van der Waals surface area (Å²) in [5, 5.41) is 3.91. The Hall–Kier alpha value is -9.97. The van der Waals surface area contributed by atoms with Gasteiger partial charge in [-0.1, -0.05) is 212 Å². The first-order valence-corrected chi connectivity index (χ1v) is 25.5. The molecule has 14 aromatic rings. The molecule has 0 radical (unpaired) electrons. The zero-order valence-corrected chi connectivity index (χ0v) is 40.3. The zero-order chi connectivity index (χ0) is 49.2.